The van der Waals surface area contributed by atoms with E-state index in [4.69, 9.17) is 30.1 Å². The number of ether oxygens (including phenoxy) is 2. The molecule has 2 aromatic rings. The third kappa shape index (κ3) is 4.94. The van der Waals surface area contributed by atoms with E-state index in [1.165, 1.54) is 46.5 Å². The van der Waals surface area contributed by atoms with Crippen molar-refractivity contribution in [3.8, 4) is 17.2 Å². The molecule has 28 heavy (non-hydrogen) atoms. The SMILES string of the molecule is COc1ccc(Oc2ccc([N+](=O)[O-])c(NC(C)P(=O)(OC)OC)c2)cc1Cl. The lowest BCUT2D eigenvalue weighted by Gasteiger charge is -2.22. The molecular weight excluding hydrogens is 411 g/mol. The molecule has 0 aliphatic heterocycles. The van der Waals surface area contributed by atoms with Gasteiger partial charge in [0.1, 0.15) is 28.7 Å². The minimum absolute atomic E-state index is 0.101. The number of nitrogens with one attached hydrogen (secondary N) is 1. The number of benzene rings is 2. The molecule has 0 fully saturated rings. The van der Waals surface area contributed by atoms with E-state index < -0.39 is 18.3 Å². The van der Waals surface area contributed by atoms with Crippen LogP contribution >= 0.6 is 19.2 Å². The van der Waals surface area contributed by atoms with Crippen LogP contribution in [-0.4, -0.2) is 32.0 Å². The van der Waals surface area contributed by atoms with Crippen molar-refractivity contribution in [3.05, 3.63) is 51.5 Å². The van der Waals surface area contributed by atoms with Crippen LogP contribution in [-0.2, 0) is 13.6 Å². The van der Waals surface area contributed by atoms with E-state index in [-0.39, 0.29) is 11.4 Å². The number of nitro groups is 1. The standard InChI is InChI=1S/C17H20ClN2O7P/c1-11(28(23,25-3)26-4)19-15-10-13(5-7-16(15)20(21)22)27-12-6-8-17(24-2)14(18)9-12/h5-11,19H,1-4H3. The quantitative estimate of drug-likeness (QED) is 0.324. The second kappa shape index (κ2) is 9.25. The third-order valence-electron chi connectivity index (χ3n) is 3.87. The lowest BCUT2D eigenvalue weighted by molar-refractivity contribution is -0.384. The highest BCUT2D eigenvalue weighted by Gasteiger charge is 2.31. The van der Waals surface area contributed by atoms with Gasteiger partial charge in [0.25, 0.3) is 5.69 Å². The molecule has 152 valence electrons. The van der Waals surface area contributed by atoms with E-state index in [1.807, 2.05) is 0 Å². The minimum Gasteiger partial charge on any atom is -0.495 e. The van der Waals surface area contributed by atoms with E-state index in [2.05, 4.69) is 5.32 Å². The monoisotopic (exact) mass is 430 g/mol. The molecule has 2 rings (SSSR count). The number of methoxy groups -OCH3 is 1. The van der Waals surface area contributed by atoms with Crippen molar-refractivity contribution in [1.29, 1.82) is 0 Å². The lowest BCUT2D eigenvalue weighted by atomic mass is 10.2. The largest absolute Gasteiger partial charge is 0.495 e. The Balaban J connectivity index is 2.33. The summed E-state index contributed by atoms with van der Waals surface area (Å²) in [6.07, 6.45) is 0. The lowest BCUT2D eigenvalue weighted by Crippen LogP contribution is -2.18. The molecule has 9 nitrogen and oxygen atoms in total. The zero-order valence-corrected chi connectivity index (χ0v) is 17.3. The molecular formula is C17H20ClN2O7P. The van der Waals surface area contributed by atoms with Gasteiger partial charge in [-0.05, 0) is 25.1 Å². The average Bonchev–Trinajstić information content (AvgIpc) is 2.67. The molecule has 0 saturated heterocycles. The van der Waals surface area contributed by atoms with Crippen molar-refractivity contribution in [3.63, 3.8) is 0 Å². The molecule has 0 radical (unpaired) electrons. The Bertz CT molecular complexity index is 901. The molecule has 1 unspecified atom stereocenters. The summed E-state index contributed by atoms with van der Waals surface area (Å²) in [4.78, 5) is 10.8. The van der Waals surface area contributed by atoms with Gasteiger partial charge in [0.15, 0.2) is 0 Å². The Labute approximate surface area is 167 Å². The summed E-state index contributed by atoms with van der Waals surface area (Å²) in [7, 11) is 0.485. The maximum absolute atomic E-state index is 12.5. The van der Waals surface area contributed by atoms with Gasteiger partial charge >= 0.3 is 7.60 Å². The van der Waals surface area contributed by atoms with Crippen molar-refractivity contribution in [2.45, 2.75) is 12.7 Å². The van der Waals surface area contributed by atoms with E-state index in [9.17, 15) is 14.7 Å². The van der Waals surface area contributed by atoms with Crippen molar-refractivity contribution >= 4 is 30.6 Å². The van der Waals surface area contributed by atoms with Gasteiger partial charge in [0, 0.05) is 32.4 Å². The number of rotatable bonds is 9. The average molecular weight is 431 g/mol. The molecule has 0 bridgehead atoms. The molecule has 11 heteroatoms. The zero-order chi connectivity index (χ0) is 20.9. The molecule has 0 aromatic heterocycles. The number of nitro benzene ring substituents is 1. The first-order chi connectivity index (χ1) is 13.2. The fourth-order valence-corrected chi connectivity index (χ4v) is 3.72. The van der Waals surface area contributed by atoms with Gasteiger partial charge in [0.05, 0.1) is 17.1 Å². The summed E-state index contributed by atoms with van der Waals surface area (Å²) in [6.45, 7) is 1.54. The van der Waals surface area contributed by atoms with Crippen LogP contribution in [0.4, 0.5) is 11.4 Å². The Kier molecular flexibility index (Phi) is 7.26. The molecule has 0 aliphatic rings. The van der Waals surface area contributed by atoms with E-state index >= 15 is 0 Å². The number of hydrogen-bond acceptors (Lipinski definition) is 8. The van der Waals surface area contributed by atoms with Crippen LogP contribution in [0.25, 0.3) is 0 Å². The number of anilines is 1. The third-order valence-corrected chi connectivity index (χ3v) is 6.26. The summed E-state index contributed by atoms with van der Waals surface area (Å²) in [5.74, 6) is 0.375. The van der Waals surface area contributed by atoms with Gasteiger partial charge in [-0.3, -0.25) is 14.7 Å². The smallest absolute Gasteiger partial charge is 0.351 e. The van der Waals surface area contributed by atoms with Gasteiger partial charge in [-0.1, -0.05) is 11.6 Å². The molecule has 0 spiro atoms. The predicted octanol–water partition coefficient (Wildman–Crippen LogP) is 5.29. The summed E-state index contributed by atoms with van der Waals surface area (Å²) >= 11 is 6.08. The van der Waals surface area contributed by atoms with Gasteiger partial charge in [-0.15, -0.1) is 0 Å². The summed E-state index contributed by atoms with van der Waals surface area (Å²) < 4.78 is 33.1. The van der Waals surface area contributed by atoms with Crippen LogP contribution in [0.2, 0.25) is 5.02 Å². The summed E-state index contributed by atoms with van der Waals surface area (Å²) in [5, 5.41) is 14.5. The van der Waals surface area contributed by atoms with Crippen LogP contribution < -0.4 is 14.8 Å². The number of halogens is 1. The Morgan fingerprint density at radius 3 is 2.25 bits per heavy atom. The van der Waals surface area contributed by atoms with Crippen molar-refractivity contribution in [2.75, 3.05) is 26.6 Å². The fraction of sp³-hybridized carbons (Fsp3) is 0.294. The highest BCUT2D eigenvalue weighted by molar-refractivity contribution is 7.54. The first-order valence-electron chi connectivity index (χ1n) is 8.01. The maximum Gasteiger partial charge on any atom is 0.351 e. The van der Waals surface area contributed by atoms with E-state index in [1.54, 1.807) is 18.2 Å². The first kappa shape index (κ1) is 22.0. The molecule has 1 N–H and O–H groups in total. The van der Waals surface area contributed by atoms with Crippen molar-refractivity contribution < 1.29 is 28.0 Å². The van der Waals surface area contributed by atoms with Crippen molar-refractivity contribution in [1.82, 2.24) is 0 Å². The second-order valence-corrected chi connectivity index (χ2v) is 8.55. The van der Waals surface area contributed by atoms with E-state index in [0.717, 1.165) is 0 Å². The van der Waals surface area contributed by atoms with Gasteiger partial charge < -0.3 is 23.8 Å². The van der Waals surface area contributed by atoms with Gasteiger partial charge in [0.2, 0.25) is 0 Å². The zero-order valence-electron chi connectivity index (χ0n) is 15.7. The summed E-state index contributed by atoms with van der Waals surface area (Å²) in [5.41, 5.74) is -0.116. The predicted molar refractivity (Wildman–Crippen MR) is 106 cm³/mol. The van der Waals surface area contributed by atoms with Crippen molar-refractivity contribution in [2.24, 2.45) is 0 Å². The maximum atomic E-state index is 12.5. The minimum atomic E-state index is -3.49. The van der Waals surface area contributed by atoms with Crippen LogP contribution in [0.3, 0.4) is 0 Å². The van der Waals surface area contributed by atoms with Crippen LogP contribution in [0.5, 0.6) is 17.2 Å². The van der Waals surface area contributed by atoms with Crippen LogP contribution in [0.1, 0.15) is 6.92 Å². The number of nitrogens with zero attached hydrogens (tertiary/aromatic N) is 1. The molecule has 0 amide bonds. The van der Waals surface area contributed by atoms with Gasteiger partial charge in [-0.25, -0.2) is 0 Å². The highest BCUT2D eigenvalue weighted by Crippen LogP contribution is 2.52. The molecule has 0 heterocycles. The summed E-state index contributed by atoms with van der Waals surface area (Å²) in [6, 6.07) is 8.98. The van der Waals surface area contributed by atoms with E-state index in [0.29, 0.717) is 22.3 Å². The molecule has 1 atom stereocenters. The Hall–Kier alpha value is -2.32. The molecule has 0 aliphatic carbocycles. The van der Waals surface area contributed by atoms with Gasteiger partial charge in [-0.2, -0.15) is 0 Å². The normalized spacial score (nSPS) is 12.3. The first-order valence-corrected chi connectivity index (χ1v) is 10.0. The molecule has 2 aromatic carbocycles. The second-order valence-electron chi connectivity index (χ2n) is 5.56. The topological polar surface area (TPSA) is 109 Å². The fourth-order valence-electron chi connectivity index (χ4n) is 2.40. The Morgan fingerprint density at radius 1 is 1.11 bits per heavy atom. The Morgan fingerprint density at radius 2 is 1.71 bits per heavy atom. The molecule has 0 saturated carbocycles. The number of hydrogen-bond donors (Lipinski definition) is 1. The van der Waals surface area contributed by atoms with Crippen LogP contribution in [0.15, 0.2) is 36.4 Å². The highest BCUT2D eigenvalue weighted by atomic mass is 35.5. The van der Waals surface area contributed by atoms with Crippen LogP contribution in [0, 0.1) is 10.1 Å².